The quantitative estimate of drug-likeness (QED) is 0.871. The number of H-pyrrole nitrogens is 1. The lowest BCUT2D eigenvalue weighted by Gasteiger charge is -2.06. The summed E-state index contributed by atoms with van der Waals surface area (Å²) in [6.07, 6.45) is 0. The van der Waals surface area contributed by atoms with Gasteiger partial charge in [0, 0.05) is 17.2 Å². The summed E-state index contributed by atoms with van der Waals surface area (Å²) in [5.74, 6) is -0.00832. The number of nitrogens with one attached hydrogen (secondary N) is 1. The maximum atomic E-state index is 12.5. The van der Waals surface area contributed by atoms with Crippen molar-refractivity contribution in [2.45, 2.75) is 27.3 Å². The Morgan fingerprint density at radius 1 is 1.35 bits per heavy atom. The number of sulfone groups is 1. The highest BCUT2D eigenvalue weighted by Gasteiger charge is 2.14. The number of aryl methyl sites for hydroxylation is 2. The first kappa shape index (κ1) is 15.4. The highest BCUT2D eigenvalue weighted by atomic mass is 32.2. The molecule has 0 unspecified atom stereocenters. The average molecular weight is 332 g/mol. The summed E-state index contributed by atoms with van der Waals surface area (Å²) in [4.78, 5) is 17.3. The molecular formula is C12H16N2O3S3. The molecule has 0 bridgehead atoms. The molecule has 0 aromatic carbocycles. The van der Waals surface area contributed by atoms with E-state index in [9.17, 15) is 13.2 Å². The third-order valence-electron chi connectivity index (χ3n) is 3.38. The summed E-state index contributed by atoms with van der Waals surface area (Å²) in [5.41, 5.74) is 0.713. The molecule has 2 aromatic rings. The van der Waals surface area contributed by atoms with Gasteiger partial charge in [0.1, 0.15) is 4.83 Å². The van der Waals surface area contributed by atoms with Crippen LogP contribution in [0.15, 0.2) is 4.79 Å². The van der Waals surface area contributed by atoms with Gasteiger partial charge in [-0.25, -0.2) is 8.42 Å². The summed E-state index contributed by atoms with van der Waals surface area (Å²) < 4.78 is 24.8. The van der Waals surface area contributed by atoms with Crippen LogP contribution in [0, 0.1) is 18.6 Å². The van der Waals surface area contributed by atoms with Gasteiger partial charge in [-0.3, -0.25) is 9.36 Å². The van der Waals surface area contributed by atoms with Crippen LogP contribution >= 0.6 is 23.6 Å². The fourth-order valence-corrected chi connectivity index (χ4v) is 4.08. The normalized spacial score (nSPS) is 12.2. The number of nitrogens with zero attached hydrogens (tertiary/aromatic N) is 1. The van der Waals surface area contributed by atoms with E-state index in [4.69, 9.17) is 12.2 Å². The second kappa shape index (κ2) is 5.42. The maximum Gasteiger partial charge on any atom is 0.263 e. The fourth-order valence-electron chi connectivity index (χ4n) is 1.94. The molecule has 0 aliphatic carbocycles. The van der Waals surface area contributed by atoms with Crippen LogP contribution in [0.2, 0.25) is 0 Å². The van der Waals surface area contributed by atoms with Gasteiger partial charge in [-0.15, -0.1) is 11.3 Å². The topological polar surface area (TPSA) is 71.9 Å². The van der Waals surface area contributed by atoms with Crippen molar-refractivity contribution < 1.29 is 8.42 Å². The van der Waals surface area contributed by atoms with E-state index in [-0.39, 0.29) is 28.4 Å². The van der Waals surface area contributed by atoms with Gasteiger partial charge in [-0.1, -0.05) is 6.92 Å². The molecule has 1 N–H and O–H groups in total. The molecule has 0 fully saturated rings. The minimum absolute atomic E-state index is 0.0665. The van der Waals surface area contributed by atoms with Gasteiger partial charge >= 0.3 is 0 Å². The molecule has 0 amide bonds. The fraction of sp³-hybridized carbons (Fsp3) is 0.500. The van der Waals surface area contributed by atoms with E-state index in [1.807, 2.05) is 13.8 Å². The molecule has 2 aromatic heterocycles. The van der Waals surface area contributed by atoms with Gasteiger partial charge in [0.05, 0.1) is 11.1 Å². The number of hydrogen-bond acceptors (Lipinski definition) is 5. The predicted octanol–water partition coefficient (Wildman–Crippen LogP) is 2.17. The standard InChI is InChI=1S/C12H16N2O3S3/c1-4-20(16,17)6-5-14-11(15)9-7(2)8(3)19-10(9)13-12(14)18/h4-6H2,1-3H3,(H,13,18). The first-order chi connectivity index (χ1) is 9.26. The predicted molar refractivity (Wildman–Crippen MR) is 85.1 cm³/mol. The zero-order chi connectivity index (χ0) is 15.1. The van der Waals surface area contributed by atoms with Crippen molar-refractivity contribution in [2.75, 3.05) is 11.5 Å². The van der Waals surface area contributed by atoms with Gasteiger partial charge in [-0.2, -0.15) is 0 Å². The Bertz CT molecular complexity index is 872. The van der Waals surface area contributed by atoms with E-state index in [0.29, 0.717) is 5.39 Å². The zero-order valence-electron chi connectivity index (χ0n) is 11.5. The maximum absolute atomic E-state index is 12.5. The van der Waals surface area contributed by atoms with Crippen molar-refractivity contribution >= 4 is 43.6 Å². The monoisotopic (exact) mass is 332 g/mol. The van der Waals surface area contributed by atoms with Crippen LogP contribution in [0.1, 0.15) is 17.4 Å². The smallest absolute Gasteiger partial charge is 0.263 e. The van der Waals surface area contributed by atoms with Crippen LogP contribution in [0.4, 0.5) is 0 Å². The first-order valence-corrected chi connectivity index (χ1v) is 9.24. The van der Waals surface area contributed by atoms with Crippen LogP contribution in [0.5, 0.6) is 0 Å². The second-order valence-corrected chi connectivity index (χ2v) is 8.69. The SMILES string of the molecule is CCS(=O)(=O)CCn1c(=S)[nH]c2sc(C)c(C)c2c1=O. The highest BCUT2D eigenvalue weighted by molar-refractivity contribution is 7.91. The number of rotatable bonds is 4. The van der Waals surface area contributed by atoms with Crippen LogP contribution in [0.25, 0.3) is 10.2 Å². The van der Waals surface area contributed by atoms with E-state index in [1.165, 1.54) is 15.9 Å². The van der Waals surface area contributed by atoms with Crippen LogP contribution in [0.3, 0.4) is 0 Å². The zero-order valence-corrected chi connectivity index (χ0v) is 14.0. The highest BCUT2D eigenvalue weighted by Crippen LogP contribution is 2.25. The molecule has 0 aliphatic rings. The Hall–Kier alpha value is -0.990. The minimum Gasteiger partial charge on any atom is -0.323 e. The van der Waals surface area contributed by atoms with Crippen molar-refractivity contribution in [3.05, 3.63) is 25.6 Å². The molecule has 5 nitrogen and oxygen atoms in total. The Labute approximate surface area is 126 Å². The molecule has 0 radical (unpaired) electrons. The van der Waals surface area contributed by atoms with Crippen LogP contribution < -0.4 is 5.56 Å². The summed E-state index contributed by atoms with van der Waals surface area (Å²) >= 11 is 6.65. The summed E-state index contributed by atoms with van der Waals surface area (Å²) in [6.45, 7) is 5.52. The third kappa shape index (κ3) is 2.72. The number of aromatic amines is 1. The van der Waals surface area contributed by atoms with E-state index >= 15 is 0 Å². The number of thiophene rings is 1. The molecular weight excluding hydrogens is 316 g/mol. The van der Waals surface area contributed by atoms with Gasteiger partial charge in [-0.05, 0) is 31.6 Å². The van der Waals surface area contributed by atoms with Crippen molar-refractivity contribution in [3.8, 4) is 0 Å². The van der Waals surface area contributed by atoms with E-state index in [2.05, 4.69) is 4.98 Å². The number of hydrogen-bond donors (Lipinski definition) is 1. The molecule has 0 saturated heterocycles. The van der Waals surface area contributed by atoms with E-state index < -0.39 is 9.84 Å². The van der Waals surface area contributed by atoms with E-state index in [0.717, 1.165) is 15.3 Å². The minimum atomic E-state index is -3.13. The molecule has 2 rings (SSSR count). The Balaban J connectivity index is 2.58. The van der Waals surface area contributed by atoms with Crippen molar-refractivity contribution in [3.63, 3.8) is 0 Å². The Kier molecular flexibility index (Phi) is 4.17. The van der Waals surface area contributed by atoms with Gasteiger partial charge in [0.2, 0.25) is 0 Å². The summed E-state index contributed by atoms with van der Waals surface area (Å²) in [7, 11) is -3.13. The van der Waals surface area contributed by atoms with Crippen LogP contribution in [-0.4, -0.2) is 29.5 Å². The summed E-state index contributed by atoms with van der Waals surface area (Å²) in [5, 5.41) is 0.606. The van der Waals surface area contributed by atoms with Gasteiger partial charge in [0.15, 0.2) is 14.6 Å². The molecule has 2 heterocycles. The van der Waals surface area contributed by atoms with Gasteiger partial charge < -0.3 is 4.98 Å². The second-order valence-electron chi connectivity index (χ2n) is 4.61. The largest absolute Gasteiger partial charge is 0.323 e. The molecule has 0 saturated carbocycles. The molecule has 0 aliphatic heterocycles. The van der Waals surface area contributed by atoms with Crippen LogP contribution in [-0.2, 0) is 16.4 Å². The number of fused-ring (bicyclic) bond motifs is 1. The Morgan fingerprint density at radius 3 is 2.60 bits per heavy atom. The molecule has 20 heavy (non-hydrogen) atoms. The van der Waals surface area contributed by atoms with Crippen molar-refractivity contribution in [1.29, 1.82) is 0 Å². The van der Waals surface area contributed by atoms with E-state index in [1.54, 1.807) is 6.92 Å². The van der Waals surface area contributed by atoms with Crippen molar-refractivity contribution in [2.24, 2.45) is 0 Å². The third-order valence-corrected chi connectivity index (χ3v) is 6.51. The lowest BCUT2D eigenvalue weighted by molar-refractivity contribution is 0.587. The molecule has 8 heteroatoms. The lowest BCUT2D eigenvalue weighted by Crippen LogP contribution is -2.26. The molecule has 110 valence electrons. The Morgan fingerprint density at radius 2 is 2.00 bits per heavy atom. The molecule has 0 spiro atoms. The summed E-state index contributed by atoms with van der Waals surface area (Å²) in [6, 6.07) is 0. The van der Waals surface area contributed by atoms with Gasteiger partial charge in [0.25, 0.3) is 5.56 Å². The first-order valence-electron chi connectivity index (χ1n) is 6.20. The van der Waals surface area contributed by atoms with Crippen molar-refractivity contribution in [1.82, 2.24) is 9.55 Å². The average Bonchev–Trinajstić information content (AvgIpc) is 2.64. The molecule has 0 atom stereocenters. The lowest BCUT2D eigenvalue weighted by atomic mass is 10.2. The number of aromatic nitrogens is 2.